The second kappa shape index (κ2) is 6.11. The molecule has 1 atom stereocenters. The molecule has 0 saturated heterocycles. The first-order chi connectivity index (χ1) is 8.97. The molecule has 0 N–H and O–H groups in total. The molecular formula is C17H28O2. The number of esters is 1. The second-order valence-corrected chi connectivity index (χ2v) is 7.12. The Morgan fingerprint density at radius 3 is 2.47 bits per heavy atom. The van der Waals surface area contributed by atoms with Crippen LogP contribution in [0.3, 0.4) is 0 Å². The maximum Gasteiger partial charge on any atom is 0.330 e. The molecule has 2 fully saturated rings. The lowest BCUT2D eigenvalue weighted by Gasteiger charge is -2.21. The molecule has 0 spiro atoms. The average molecular weight is 264 g/mol. The van der Waals surface area contributed by atoms with Gasteiger partial charge in [-0.05, 0) is 63.2 Å². The molecule has 1 unspecified atom stereocenters. The Labute approximate surface area is 117 Å². The molecule has 2 saturated carbocycles. The summed E-state index contributed by atoms with van der Waals surface area (Å²) in [5.74, 6) is 0.727. The van der Waals surface area contributed by atoms with Crippen molar-refractivity contribution in [2.45, 2.75) is 78.2 Å². The van der Waals surface area contributed by atoms with Crippen LogP contribution in [0.2, 0.25) is 0 Å². The van der Waals surface area contributed by atoms with Crippen molar-refractivity contribution >= 4 is 5.97 Å². The maximum atomic E-state index is 11.8. The maximum absolute atomic E-state index is 11.8. The van der Waals surface area contributed by atoms with Gasteiger partial charge in [-0.2, -0.15) is 0 Å². The Kier molecular flexibility index (Phi) is 4.70. The van der Waals surface area contributed by atoms with E-state index in [-0.39, 0.29) is 12.1 Å². The van der Waals surface area contributed by atoms with Crippen molar-refractivity contribution in [3.8, 4) is 0 Å². The van der Waals surface area contributed by atoms with E-state index in [4.69, 9.17) is 4.74 Å². The molecular weight excluding hydrogens is 236 g/mol. The van der Waals surface area contributed by atoms with E-state index < -0.39 is 0 Å². The van der Waals surface area contributed by atoms with Crippen LogP contribution in [0.15, 0.2) is 11.6 Å². The molecule has 0 aromatic rings. The third kappa shape index (κ3) is 4.67. The molecule has 2 aliphatic rings. The highest BCUT2D eigenvalue weighted by molar-refractivity contribution is 5.82. The van der Waals surface area contributed by atoms with Crippen LogP contribution < -0.4 is 0 Å². The van der Waals surface area contributed by atoms with Crippen LogP contribution in [-0.2, 0) is 9.53 Å². The molecule has 0 aromatic carbocycles. The summed E-state index contributed by atoms with van der Waals surface area (Å²) in [4.78, 5) is 11.8. The summed E-state index contributed by atoms with van der Waals surface area (Å²) in [5.41, 5.74) is 1.71. The van der Waals surface area contributed by atoms with Crippen LogP contribution in [0.1, 0.15) is 72.1 Å². The molecule has 0 heterocycles. The van der Waals surface area contributed by atoms with Crippen LogP contribution in [-0.4, -0.2) is 12.1 Å². The topological polar surface area (TPSA) is 26.3 Å². The number of allylic oxidation sites excluding steroid dienone is 1. The fraction of sp³-hybridized carbons (Fsp3) is 0.824. The fourth-order valence-corrected chi connectivity index (χ4v) is 3.13. The number of hydrogen-bond donors (Lipinski definition) is 0. The number of carbonyl (C=O) groups excluding carboxylic acids is 1. The van der Waals surface area contributed by atoms with E-state index in [1.54, 1.807) is 6.08 Å². The SMILES string of the molecule is CC(=CC(=O)OC1CCCCC1)CCC1CC1(C)C. The first-order valence-corrected chi connectivity index (χ1v) is 7.85. The molecule has 2 nitrogen and oxygen atoms in total. The van der Waals surface area contributed by atoms with Gasteiger partial charge in [0.1, 0.15) is 6.10 Å². The normalized spacial score (nSPS) is 27.1. The van der Waals surface area contributed by atoms with Crippen molar-refractivity contribution in [1.82, 2.24) is 0 Å². The summed E-state index contributed by atoms with van der Waals surface area (Å²) >= 11 is 0. The van der Waals surface area contributed by atoms with E-state index >= 15 is 0 Å². The van der Waals surface area contributed by atoms with Crippen molar-refractivity contribution in [3.05, 3.63) is 11.6 Å². The molecule has 2 heteroatoms. The molecule has 19 heavy (non-hydrogen) atoms. The molecule has 0 bridgehead atoms. The van der Waals surface area contributed by atoms with E-state index in [0.29, 0.717) is 5.41 Å². The largest absolute Gasteiger partial charge is 0.459 e. The Hall–Kier alpha value is -0.790. The summed E-state index contributed by atoms with van der Waals surface area (Å²) in [7, 11) is 0. The second-order valence-electron chi connectivity index (χ2n) is 7.12. The van der Waals surface area contributed by atoms with Gasteiger partial charge in [-0.25, -0.2) is 4.79 Å². The molecule has 2 aliphatic carbocycles. The highest BCUT2D eigenvalue weighted by Crippen LogP contribution is 2.54. The van der Waals surface area contributed by atoms with Gasteiger partial charge >= 0.3 is 5.97 Å². The standard InChI is InChI=1S/C17H28O2/c1-13(9-10-14-12-17(14,2)3)11-16(18)19-15-7-5-4-6-8-15/h11,14-15H,4-10,12H2,1-3H3. The van der Waals surface area contributed by atoms with Gasteiger partial charge in [0.2, 0.25) is 0 Å². The Morgan fingerprint density at radius 1 is 1.26 bits per heavy atom. The smallest absolute Gasteiger partial charge is 0.330 e. The number of carbonyl (C=O) groups is 1. The van der Waals surface area contributed by atoms with Crippen molar-refractivity contribution in [3.63, 3.8) is 0 Å². The summed E-state index contributed by atoms with van der Waals surface area (Å²) in [6.45, 7) is 6.71. The van der Waals surface area contributed by atoms with Gasteiger partial charge in [-0.1, -0.05) is 25.8 Å². The molecule has 0 radical (unpaired) electrons. The highest BCUT2D eigenvalue weighted by atomic mass is 16.5. The van der Waals surface area contributed by atoms with E-state index in [9.17, 15) is 4.79 Å². The lowest BCUT2D eigenvalue weighted by Crippen LogP contribution is -2.19. The van der Waals surface area contributed by atoms with Crippen LogP contribution in [0.25, 0.3) is 0 Å². The van der Waals surface area contributed by atoms with Crippen LogP contribution in [0.4, 0.5) is 0 Å². The van der Waals surface area contributed by atoms with Gasteiger partial charge < -0.3 is 4.74 Å². The van der Waals surface area contributed by atoms with E-state index in [1.807, 2.05) is 0 Å². The summed E-state index contributed by atoms with van der Waals surface area (Å²) in [6, 6.07) is 0. The van der Waals surface area contributed by atoms with Crippen LogP contribution in [0, 0.1) is 11.3 Å². The van der Waals surface area contributed by atoms with Gasteiger partial charge in [0, 0.05) is 6.08 Å². The molecule has 0 amide bonds. The van der Waals surface area contributed by atoms with Gasteiger partial charge in [-0.15, -0.1) is 0 Å². The van der Waals surface area contributed by atoms with Crippen molar-refractivity contribution in [2.24, 2.45) is 11.3 Å². The zero-order valence-electron chi connectivity index (χ0n) is 12.7. The third-order valence-corrected chi connectivity index (χ3v) is 4.80. The summed E-state index contributed by atoms with van der Waals surface area (Å²) in [6.07, 6.45) is 11.3. The fourth-order valence-electron chi connectivity index (χ4n) is 3.13. The first-order valence-electron chi connectivity index (χ1n) is 7.85. The predicted molar refractivity (Wildman–Crippen MR) is 77.8 cm³/mol. The third-order valence-electron chi connectivity index (χ3n) is 4.80. The van der Waals surface area contributed by atoms with Gasteiger partial charge in [0.25, 0.3) is 0 Å². The summed E-state index contributed by atoms with van der Waals surface area (Å²) in [5, 5.41) is 0. The van der Waals surface area contributed by atoms with Crippen LogP contribution in [0.5, 0.6) is 0 Å². The van der Waals surface area contributed by atoms with Crippen LogP contribution >= 0.6 is 0 Å². The van der Waals surface area contributed by atoms with E-state index in [2.05, 4.69) is 20.8 Å². The summed E-state index contributed by atoms with van der Waals surface area (Å²) < 4.78 is 5.51. The molecule has 0 aliphatic heterocycles. The number of hydrogen-bond acceptors (Lipinski definition) is 2. The average Bonchev–Trinajstić information content (AvgIpc) is 2.95. The van der Waals surface area contributed by atoms with Crippen molar-refractivity contribution in [2.75, 3.05) is 0 Å². The van der Waals surface area contributed by atoms with Gasteiger partial charge in [0.15, 0.2) is 0 Å². The quantitative estimate of drug-likeness (QED) is 0.534. The Bertz CT molecular complexity index is 348. The van der Waals surface area contributed by atoms with E-state index in [1.165, 1.54) is 37.7 Å². The minimum absolute atomic E-state index is 0.126. The predicted octanol–water partition coefficient (Wildman–Crippen LogP) is 4.63. The minimum atomic E-state index is -0.126. The molecule has 0 aromatic heterocycles. The molecule has 108 valence electrons. The van der Waals surface area contributed by atoms with Crippen molar-refractivity contribution < 1.29 is 9.53 Å². The minimum Gasteiger partial charge on any atom is -0.459 e. The van der Waals surface area contributed by atoms with Gasteiger partial charge in [0.05, 0.1) is 0 Å². The zero-order chi connectivity index (χ0) is 13.9. The lowest BCUT2D eigenvalue weighted by atomic mass is 9.98. The zero-order valence-corrected chi connectivity index (χ0v) is 12.7. The van der Waals surface area contributed by atoms with Gasteiger partial charge in [-0.3, -0.25) is 0 Å². The number of ether oxygens (including phenoxy) is 1. The molecule has 2 rings (SSSR count). The Morgan fingerprint density at radius 2 is 1.89 bits per heavy atom. The van der Waals surface area contributed by atoms with E-state index in [0.717, 1.165) is 25.2 Å². The Balaban J connectivity index is 1.68. The monoisotopic (exact) mass is 264 g/mol. The van der Waals surface area contributed by atoms with Crippen molar-refractivity contribution in [1.29, 1.82) is 0 Å². The first kappa shape index (κ1) is 14.6. The highest BCUT2D eigenvalue weighted by Gasteiger charge is 2.44. The lowest BCUT2D eigenvalue weighted by molar-refractivity contribution is -0.144. The number of rotatable bonds is 5.